The molecule has 0 saturated carbocycles. The standard InChI is InChI=1S/C19H21ClFNO2/c20-18-4-1-5-19(21)17(18)13-24-15-8-6-14(7-9-15)11-22-12-16-3-2-10-23-16/h1,4-9,16,22H,2-3,10-13H2/t16-/m0/s1. The lowest BCUT2D eigenvalue weighted by Crippen LogP contribution is -2.25. The molecule has 0 bridgehead atoms. The van der Waals surface area contributed by atoms with Crippen LogP contribution in [0.1, 0.15) is 24.0 Å². The van der Waals surface area contributed by atoms with Crippen LogP contribution in [0, 0.1) is 5.82 Å². The molecular formula is C19H21ClFNO2. The largest absolute Gasteiger partial charge is 0.489 e. The summed E-state index contributed by atoms with van der Waals surface area (Å²) in [5.74, 6) is 0.342. The van der Waals surface area contributed by atoms with Gasteiger partial charge in [-0.15, -0.1) is 0 Å². The van der Waals surface area contributed by atoms with Crippen molar-refractivity contribution < 1.29 is 13.9 Å². The van der Waals surface area contributed by atoms with E-state index >= 15 is 0 Å². The van der Waals surface area contributed by atoms with Crippen LogP contribution in [0.15, 0.2) is 42.5 Å². The highest BCUT2D eigenvalue weighted by atomic mass is 35.5. The van der Waals surface area contributed by atoms with Gasteiger partial charge in [0.15, 0.2) is 0 Å². The van der Waals surface area contributed by atoms with E-state index in [9.17, 15) is 4.39 Å². The first kappa shape index (κ1) is 17.2. The lowest BCUT2D eigenvalue weighted by atomic mass is 10.2. The lowest BCUT2D eigenvalue weighted by Gasteiger charge is -2.12. The van der Waals surface area contributed by atoms with Crippen molar-refractivity contribution in [2.24, 2.45) is 0 Å². The van der Waals surface area contributed by atoms with Crippen LogP contribution in [0.2, 0.25) is 5.02 Å². The van der Waals surface area contributed by atoms with Gasteiger partial charge in [0.25, 0.3) is 0 Å². The van der Waals surface area contributed by atoms with E-state index in [1.807, 2.05) is 24.3 Å². The van der Waals surface area contributed by atoms with Crippen LogP contribution in [0.3, 0.4) is 0 Å². The van der Waals surface area contributed by atoms with Crippen LogP contribution in [-0.4, -0.2) is 19.3 Å². The molecule has 2 aromatic carbocycles. The first-order valence-corrected chi connectivity index (χ1v) is 8.57. The highest BCUT2D eigenvalue weighted by Gasteiger charge is 2.14. The Morgan fingerprint density at radius 3 is 2.75 bits per heavy atom. The van der Waals surface area contributed by atoms with Crippen molar-refractivity contribution in [3.63, 3.8) is 0 Å². The Hall–Kier alpha value is -1.62. The predicted molar refractivity (Wildman–Crippen MR) is 92.9 cm³/mol. The molecule has 0 radical (unpaired) electrons. The third-order valence-corrected chi connectivity index (χ3v) is 4.45. The molecule has 5 heteroatoms. The van der Waals surface area contributed by atoms with Gasteiger partial charge in [0.05, 0.1) is 11.1 Å². The van der Waals surface area contributed by atoms with Gasteiger partial charge in [-0.3, -0.25) is 0 Å². The fourth-order valence-electron chi connectivity index (χ4n) is 2.71. The number of nitrogens with one attached hydrogen (secondary N) is 1. The van der Waals surface area contributed by atoms with Gasteiger partial charge < -0.3 is 14.8 Å². The smallest absolute Gasteiger partial charge is 0.131 e. The Morgan fingerprint density at radius 1 is 1.21 bits per heavy atom. The van der Waals surface area contributed by atoms with Gasteiger partial charge in [0.1, 0.15) is 18.2 Å². The molecule has 0 spiro atoms. The molecule has 1 atom stereocenters. The fraction of sp³-hybridized carbons (Fsp3) is 0.368. The molecule has 3 nitrogen and oxygen atoms in total. The van der Waals surface area contributed by atoms with Gasteiger partial charge in [-0.2, -0.15) is 0 Å². The van der Waals surface area contributed by atoms with Crippen LogP contribution >= 0.6 is 11.6 Å². The first-order chi connectivity index (χ1) is 11.7. The van der Waals surface area contributed by atoms with E-state index in [4.69, 9.17) is 21.1 Å². The summed E-state index contributed by atoms with van der Waals surface area (Å²) < 4.78 is 24.9. The van der Waals surface area contributed by atoms with Crippen LogP contribution < -0.4 is 10.1 Å². The maximum Gasteiger partial charge on any atom is 0.131 e. The number of halogens is 2. The van der Waals surface area contributed by atoms with E-state index < -0.39 is 0 Å². The summed E-state index contributed by atoms with van der Waals surface area (Å²) in [5.41, 5.74) is 1.55. The Morgan fingerprint density at radius 2 is 2.04 bits per heavy atom. The topological polar surface area (TPSA) is 30.5 Å². The van der Waals surface area contributed by atoms with E-state index in [2.05, 4.69) is 5.32 Å². The summed E-state index contributed by atoms with van der Waals surface area (Å²) in [5, 5.41) is 3.78. The van der Waals surface area contributed by atoms with Gasteiger partial charge in [-0.25, -0.2) is 4.39 Å². The van der Waals surface area contributed by atoms with Crippen molar-refractivity contribution in [1.29, 1.82) is 0 Å². The van der Waals surface area contributed by atoms with Crippen LogP contribution in [0.25, 0.3) is 0 Å². The van der Waals surface area contributed by atoms with Gasteiger partial charge in [0, 0.05) is 25.3 Å². The fourth-order valence-corrected chi connectivity index (χ4v) is 2.93. The SMILES string of the molecule is Fc1cccc(Cl)c1COc1ccc(CNC[C@@H]2CCCO2)cc1. The Kier molecular flexibility index (Phi) is 6.07. The molecule has 3 rings (SSSR count). The Labute approximate surface area is 146 Å². The van der Waals surface area contributed by atoms with Crippen molar-refractivity contribution in [2.45, 2.75) is 32.1 Å². The molecule has 0 aromatic heterocycles. The zero-order valence-electron chi connectivity index (χ0n) is 13.4. The highest BCUT2D eigenvalue weighted by molar-refractivity contribution is 6.31. The van der Waals surface area contributed by atoms with Gasteiger partial charge in [-0.1, -0.05) is 29.8 Å². The van der Waals surface area contributed by atoms with Gasteiger partial charge >= 0.3 is 0 Å². The monoisotopic (exact) mass is 349 g/mol. The summed E-state index contributed by atoms with van der Waals surface area (Å²) in [6.07, 6.45) is 2.64. The molecule has 0 amide bonds. The number of benzene rings is 2. The van der Waals surface area contributed by atoms with Gasteiger partial charge in [-0.05, 0) is 42.7 Å². The average Bonchev–Trinajstić information content (AvgIpc) is 3.09. The van der Waals surface area contributed by atoms with Crippen molar-refractivity contribution in [1.82, 2.24) is 5.32 Å². The molecular weight excluding hydrogens is 329 g/mol. The molecule has 1 fully saturated rings. The molecule has 128 valence electrons. The minimum atomic E-state index is -0.350. The average molecular weight is 350 g/mol. The summed E-state index contributed by atoms with van der Waals surface area (Å²) in [7, 11) is 0. The van der Waals surface area contributed by atoms with E-state index in [0.717, 1.165) is 32.5 Å². The Bertz CT molecular complexity index is 637. The zero-order chi connectivity index (χ0) is 16.8. The number of hydrogen-bond acceptors (Lipinski definition) is 3. The second kappa shape index (κ2) is 8.47. The molecule has 1 aliphatic rings. The Balaban J connectivity index is 1.47. The molecule has 1 aliphatic heterocycles. The minimum Gasteiger partial charge on any atom is -0.489 e. The maximum absolute atomic E-state index is 13.7. The van der Waals surface area contributed by atoms with Crippen LogP contribution in [0.5, 0.6) is 5.75 Å². The lowest BCUT2D eigenvalue weighted by molar-refractivity contribution is 0.110. The predicted octanol–water partition coefficient (Wildman–Crippen LogP) is 4.33. The summed E-state index contributed by atoms with van der Waals surface area (Å²) in [6, 6.07) is 12.4. The van der Waals surface area contributed by atoms with Crippen LogP contribution in [0.4, 0.5) is 4.39 Å². The number of rotatable bonds is 7. The summed E-state index contributed by atoms with van der Waals surface area (Å²) >= 11 is 5.99. The molecule has 2 aromatic rings. The van der Waals surface area contributed by atoms with Crippen molar-refractivity contribution in [3.8, 4) is 5.75 Å². The summed E-state index contributed by atoms with van der Waals surface area (Å²) in [6.45, 7) is 2.66. The number of ether oxygens (including phenoxy) is 2. The van der Waals surface area contributed by atoms with Crippen molar-refractivity contribution >= 4 is 11.6 Å². The maximum atomic E-state index is 13.7. The molecule has 1 saturated heterocycles. The van der Waals surface area contributed by atoms with Crippen molar-refractivity contribution in [2.75, 3.05) is 13.2 Å². The second-order valence-electron chi connectivity index (χ2n) is 5.90. The van der Waals surface area contributed by atoms with Crippen LogP contribution in [-0.2, 0) is 17.9 Å². The van der Waals surface area contributed by atoms with Crippen molar-refractivity contribution in [3.05, 3.63) is 64.4 Å². The van der Waals surface area contributed by atoms with E-state index in [1.54, 1.807) is 12.1 Å². The third-order valence-electron chi connectivity index (χ3n) is 4.09. The molecule has 0 unspecified atom stereocenters. The minimum absolute atomic E-state index is 0.113. The zero-order valence-corrected chi connectivity index (χ0v) is 14.2. The first-order valence-electron chi connectivity index (χ1n) is 8.19. The van der Waals surface area contributed by atoms with Gasteiger partial charge in [0.2, 0.25) is 0 Å². The molecule has 0 aliphatic carbocycles. The molecule has 1 heterocycles. The number of hydrogen-bond donors (Lipinski definition) is 1. The van der Waals surface area contributed by atoms with E-state index in [0.29, 0.717) is 22.4 Å². The highest BCUT2D eigenvalue weighted by Crippen LogP contribution is 2.21. The summed E-state index contributed by atoms with van der Waals surface area (Å²) in [4.78, 5) is 0. The van der Waals surface area contributed by atoms with E-state index in [-0.39, 0.29) is 12.4 Å². The molecule has 1 N–H and O–H groups in total. The van der Waals surface area contributed by atoms with E-state index in [1.165, 1.54) is 11.6 Å². The quantitative estimate of drug-likeness (QED) is 0.807. The third kappa shape index (κ3) is 4.69. The second-order valence-corrected chi connectivity index (χ2v) is 6.31. The normalized spacial score (nSPS) is 17.2. The molecule has 24 heavy (non-hydrogen) atoms.